The highest BCUT2D eigenvalue weighted by molar-refractivity contribution is 5.76. The van der Waals surface area contributed by atoms with Crippen LogP contribution in [-0.2, 0) is 9.53 Å². The SMILES string of the molecule is CCC(C)(CC(C)(C)C)C(=O)OCC(C)C. The molecule has 0 aliphatic carbocycles. The zero-order chi connectivity index (χ0) is 13.0. The van der Waals surface area contributed by atoms with Crippen molar-refractivity contribution in [1.82, 2.24) is 0 Å². The lowest BCUT2D eigenvalue weighted by Gasteiger charge is -2.33. The van der Waals surface area contributed by atoms with Gasteiger partial charge < -0.3 is 4.74 Å². The molecule has 0 bridgehead atoms. The summed E-state index contributed by atoms with van der Waals surface area (Å²) in [5.41, 5.74) is -0.186. The Balaban J connectivity index is 4.50. The van der Waals surface area contributed by atoms with Gasteiger partial charge in [0, 0.05) is 0 Å². The summed E-state index contributed by atoms with van der Waals surface area (Å²) in [6, 6.07) is 0. The predicted molar refractivity (Wildman–Crippen MR) is 68.3 cm³/mol. The fourth-order valence-corrected chi connectivity index (χ4v) is 1.93. The maximum Gasteiger partial charge on any atom is 0.311 e. The molecule has 1 atom stereocenters. The molecule has 96 valence electrons. The number of carbonyl (C=O) groups is 1. The number of rotatable bonds is 5. The molecule has 0 saturated carbocycles. The minimum Gasteiger partial charge on any atom is -0.465 e. The summed E-state index contributed by atoms with van der Waals surface area (Å²) in [5.74, 6) is 0.360. The first kappa shape index (κ1) is 15.5. The van der Waals surface area contributed by atoms with Crippen molar-refractivity contribution in [1.29, 1.82) is 0 Å². The van der Waals surface area contributed by atoms with E-state index in [0.29, 0.717) is 12.5 Å². The fourth-order valence-electron chi connectivity index (χ4n) is 1.93. The number of carbonyl (C=O) groups excluding carboxylic acids is 1. The summed E-state index contributed by atoms with van der Waals surface area (Å²) >= 11 is 0. The Labute approximate surface area is 101 Å². The highest BCUT2D eigenvalue weighted by atomic mass is 16.5. The normalized spacial score (nSPS) is 16.0. The lowest BCUT2D eigenvalue weighted by atomic mass is 9.73. The Bertz CT molecular complexity index is 225. The van der Waals surface area contributed by atoms with Gasteiger partial charge >= 0.3 is 5.97 Å². The summed E-state index contributed by atoms with van der Waals surface area (Å²) in [6.07, 6.45) is 1.70. The van der Waals surface area contributed by atoms with Crippen molar-refractivity contribution in [2.24, 2.45) is 16.7 Å². The topological polar surface area (TPSA) is 26.3 Å². The van der Waals surface area contributed by atoms with Gasteiger partial charge in [-0.15, -0.1) is 0 Å². The number of hydrogen-bond acceptors (Lipinski definition) is 2. The van der Waals surface area contributed by atoms with Crippen molar-refractivity contribution in [2.75, 3.05) is 6.61 Å². The van der Waals surface area contributed by atoms with E-state index in [4.69, 9.17) is 4.74 Å². The molecular formula is C14H28O2. The molecule has 0 aromatic rings. The molecular weight excluding hydrogens is 200 g/mol. The van der Waals surface area contributed by atoms with Crippen LogP contribution in [0, 0.1) is 16.7 Å². The molecule has 0 aromatic heterocycles. The Hall–Kier alpha value is -0.530. The molecule has 0 N–H and O–H groups in total. The van der Waals surface area contributed by atoms with Crippen LogP contribution < -0.4 is 0 Å². The van der Waals surface area contributed by atoms with Gasteiger partial charge in [0.05, 0.1) is 12.0 Å². The van der Waals surface area contributed by atoms with Gasteiger partial charge in [-0.25, -0.2) is 0 Å². The lowest BCUT2D eigenvalue weighted by Crippen LogP contribution is -2.34. The average molecular weight is 228 g/mol. The third kappa shape index (κ3) is 5.53. The monoisotopic (exact) mass is 228 g/mol. The van der Waals surface area contributed by atoms with Crippen molar-refractivity contribution >= 4 is 5.97 Å². The van der Waals surface area contributed by atoms with Crippen LogP contribution in [0.1, 0.15) is 61.3 Å². The molecule has 2 heteroatoms. The minimum atomic E-state index is -0.340. The van der Waals surface area contributed by atoms with Crippen LogP contribution in [0.5, 0.6) is 0 Å². The maximum absolute atomic E-state index is 12.1. The molecule has 0 spiro atoms. The van der Waals surface area contributed by atoms with Gasteiger partial charge in [-0.3, -0.25) is 4.79 Å². The lowest BCUT2D eigenvalue weighted by molar-refractivity contribution is -0.158. The molecule has 0 aliphatic rings. The van der Waals surface area contributed by atoms with Crippen LogP contribution in [0.2, 0.25) is 0 Å². The van der Waals surface area contributed by atoms with E-state index in [9.17, 15) is 4.79 Å². The molecule has 0 fully saturated rings. The smallest absolute Gasteiger partial charge is 0.311 e. The van der Waals surface area contributed by atoms with E-state index in [1.807, 2.05) is 6.92 Å². The van der Waals surface area contributed by atoms with Crippen molar-refractivity contribution in [3.63, 3.8) is 0 Å². The predicted octanol–water partition coefficient (Wildman–Crippen LogP) is 4.04. The quantitative estimate of drug-likeness (QED) is 0.664. The average Bonchev–Trinajstić information content (AvgIpc) is 2.11. The summed E-state index contributed by atoms with van der Waals surface area (Å²) in [4.78, 5) is 12.1. The second-order valence-corrected chi connectivity index (χ2v) is 6.64. The maximum atomic E-state index is 12.1. The van der Waals surface area contributed by atoms with Crippen LogP contribution in [-0.4, -0.2) is 12.6 Å². The molecule has 0 radical (unpaired) electrons. The third-order valence-corrected chi connectivity index (χ3v) is 2.74. The number of hydrogen-bond donors (Lipinski definition) is 0. The van der Waals surface area contributed by atoms with E-state index in [0.717, 1.165) is 12.8 Å². The van der Waals surface area contributed by atoms with Gasteiger partial charge in [0.15, 0.2) is 0 Å². The van der Waals surface area contributed by atoms with Crippen LogP contribution in [0.25, 0.3) is 0 Å². The second-order valence-electron chi connectivity index (χ2n) is 6.64. The van der Waals surface area contributed by atoms with Crippen LogP contribution in [0.4, 0.5) is 0 Å². The Kier molecular flexibility index (Phi) is 5.51. The van der Waals surface area contributed by atoms with E-state index in [1.165, 1.54) is 0 Å². The Morgan fingerprint density at radius 3 is 2.00 bits per heavy atom. The van der Waals surface area contributed by atoms with Gasteiger partial charge in [0.2, 0.25) is 0 Å². The standard InChI is InChI=1S/C14H28O2/c1-8-14(7,10-13(4,5)6)12(15)16-9-11(2)3/h11H,8-10H2,1-7H3. The van der Waals surface area contributed by atoms with Crippen LogP contribution in [0.3, 0.4) is 0 Å². The van der Waals surface area contributed by atoms with Gasteiger partial charge in [0.1, 0.15) is 0 Å². The van der Waals surface area contributed by atoms with Crippen LogP contribution >= 0.6 is 0 Å². The minimum absolute atomic E-state index is 0.0429. The molecule has 0 saturated heterocycles. The first-order chi connectivity index (χ1) is 7.10. The summed E-state index contributed by atoms with van der Waals surface area (Å²) in [5, 5.41) is 0. The van der Waals surface area contributed by atoms with E-state index in [-0.39, 0.29) is 16.8 Å². The molecule has 2 nitrogen and oxygen atoms in total. The molecule has 0 amide bonds. The zero-order valence-electron chi connectivity index (χ0n) is 12.0. The van der Waals surface area contributed by atoms with Gasteiger partial charge in [0.25, 0.3) is 0 Å². The van der Waals surface area contributed by atoms with E-state index in [2.05, 4.69) is 41.5 Å². The molecule has 0 aliphatic heterocycles. The van der Waals surface area contributed by atoms with Crippen LogP contribution in [0.15, 0.2) is 0 Å². The molecule has 16 heavy (non-hydrogen) atoms. The second kappa shape index (κ2) is 5.70. The van der Waals surface area contributed by atoms with Gasteiger partial charge in [-0.2, -0.15) is 0 Å². The third-order valence-electron chi connectivity index (χ3n) is 2.74. The van der Waals surface area contributed by atoms with E-state index in [1.54, 1.807) is 0 Å². The largest absolute Gasteiger partial charge is 0.465 e. The van der Waals surface area contributed by atoms with Crippen molar-refractivity contribution in [3.05, 3.63) is 0 Å². The highest BCUT2D eigenvalue weighted by Crippen LogP contribution is 2.37. The highest BCUT2D eigenvalue weighted by Gasteiger charge is 2.36. The first-order valence-corrected chi connectivity index (χ1v) is 6.28. The molecule has 0 aromatic carbocycles. The van der Waals surface area contributed by atoms with Crippen molar-refractivity contribution < 1.29 is 9.53 Å². The number of ether oxygens (including phenoxy) is 1. The van der Waals surface area contributed by atoms with Crippen molar-refractivity contribution in [2.45, 2.75) is 61.3 Å². The Morgan fingerprint density at radius 1 is 1.19 bits per heavy atom. The Morgan fingerprint density at radius 2 is 1.69 bits per heavy atom. The number of esters is 1. The van der Waals surface area contributed by atoms with Gasteiger partial charge in [-0.05, 0) is 31.1 Å². The van der Waals surface area contributed by atoms with Gasteiger partial charge in [-0.1, -0.05) is 41.5 Å². The molecule has 0 rings (SSSR count). The summed E-state index contributed by atoms with van der Waals surface area (Å²) in [7, 11) is 0. The molecule has 1 unspecified atom stereocenters. The molecule has 0 heterocycles. The first-order valence-electron chi connectivity index (χ1n) is 6.28. The summed E-state index contributed by atoms with van der Waals surface area (Å²) in [6.45, 7) is 15.2. The van der Waals surface area contributed by atoms with Crippen molar-refractivity contribution in [3.8, 4) is 0 Å². The summed E-state index contributed by atoms with van der Waals surface area (Å²) < 4.78 is 5.37. The zero-order valence-corrected chi connectivity index (χ0v) is 12.0. The fraction of sp³-hybridized carbons (Fsp3) is 0.929. The van der Waals surface area contributed by atoms with E-state index < -0.39 is 0 Å². The van der Waals surface area contributed by atoms with E-state index >= 15 is 0 Å².